The highest BCUT2D eigenvalue weighted by molar-refractivity contribution is 5.96. The average molecular weight is 421 g/mol. The largest absolute Gasteiger partial charge is 0.480 e. The first-order valence-corrected chi connectivity index (χ1v) is 10.3. The van der Waals surface area contributed by atoms with Crippen molar-refractivity contribution >= 4 is 22.8 Å². The van der Waals surface area contributed by atoms with Crippen LogP contribution in [0.5, 0.6) is 0 Å². The van der Waals surface area contributed by atoms with Gasteiger partial charge in [-0.25, -0.2) is 4.79 Å². The molecular weight excluding hydrogens is 398 g/mol. The first-order chi connectivity index (χ1) is 14.8. The van der Waals surface area contributed by atoms with Crippen LogP contribution in [0.3, 0.4) is 0 Å². The van der Waals surface area contributed by atoms with Crippen molar-refractivity contribution in [2.75, 3.05) is 13.1 Å². The lowest BCUT2D eigenvalue weighted by molar-refractivity contribution is -0.144. The van der Waals surface area contributed by atoms with Gasteiger partial charge in [0.2, 0.25) is 0 Å². The molecule has 0 aliphatic carbocycles. The third kappa shape index (κ3) is 3.14. The van der Waals surface area contributed by atoms with Gasteiger partial charge in [-0.15, -0.1) is 0 Å². The van der Waals surface area contributed by atoms with Crippen molar-refractivity contribution < 1.29 is 19.8 Å². The maximum absolute atomic E-state index is 12.5. The van der Waals surface area contributed by atoms with Gasteiger partial charge in [0.05, 0.1) is 5.56 Å². The number of likely N-dealkylation sites (tertiary alicyclic amines) is 1. The number of carbonyl (C=O) groups is 2. The van der Waals surface area contributed by atoms with Gasteiger partial charge in [-0.3, -0.25) is 14.5 Å². The van der Waals surface area contributed by atoms with E-state index in [1.54, 1.807) is 30.5 Å². The standard InChI is InChI=1S/C23H23N3O5/c1-24-12-17(16-8-14(22(28)29)5-6-19(16)24)21(23(30)31)25-9-13-7-15(11-25)18-3-2-4-20(27)26(18)10-13/h2-6,8,12-13,15,21H,7,9-11H2,1H3,(H,28,29)(H,30,31)/t13-,15+,21-/m1/s1. The second-order valence-corrected chi connectivity index (χ2v) is 8.63. The van der Waals surface area contributed by atoms with E-state index in [0.29, 0.717) is 30.6 Å². The molecule has 8 nitrogen and oxygen atoms in total. The molecule has 4 heterocycles. The zero-order valence-corrected chi connectivity index (χ0v) is 17.1. The molecule has 2 aliphatic heterocycles. The Hall–Kier alpha value is -3.39. The summed E-state index contributed by atoms with van der Waals surface area (Å²) in [6.45, 7) is 1.70. The Kier molecular flexibility index (Phi) is 4.48. The number of rotatable bonds is 4. The smallest absolute Gasteiger partial charge is 0.335 e. The Bertz CT molecular complexity index is 1270. The number of nitrogens with zero attached hydrogens (tertiary/aromatic N) is 3. The molecule has 2 N–H and O–H groups in total. The van der Waals surface area contributed by atoms with Crippen molar-refractivity contribution in [2.24, 2.45) is 13.0 Å². The van der Waals surface area contributed by atoms with E-state index in [9.17, 15) is 24.6 Å². The molecular formula is C23H23N3O5. The molecule has 1 aromatic carbocycles. The lowest BCUT2D eigenvalue weighted by Gasteiger charge is -2.44. The van der Waals surface area contributed by atoms with Gasteiger partial charge < -0.3 is 19.3 Å². The van der Waals surface area contributed by atoms with E-state index in [1.165, 1.54) is 6.07 Å². The summed E-state index contributed by atoms with van der Waals surface area (Å²) in [6.07, 6.45) is 2.73. The monoisotopic (exact) mass is 421 g/mol. The molecule has 2 aromatic heterocycles. The summed E-state index contributed by atoms with van der Waals surface area (Å²) in [5, 5.41) is 20.2. The van der Waals surface area contributed by atoms with Crippen LogP contribution in [0.25, 0.3) is 10.9 Å². The molecule has 31 heavy (non-hydrogen) atoms. The van der Waals surface area contributed by atoms with E-state index in [1.807, 2.05) is 27.1 Å². The molecule has 0 spiro atoms. The zero-order chi connectivity index (χ0) is 21.9. The van der Waals surface area contributed by atoms with Crippen molar-refractivity contribution in [3.05, 3.63) is 69.8 Å². The Morgan fingerprint density at radius 2 is 1.90 bits per heavy atom. The molecule has 0 radical (unpaired) electrons. The maximum Gasteiger partial charge on any atom is 0.335 e. The third-order valence-corrected chi connectivity index (χ3v) is 6.67. The minimum Gasteiger partial charge on any atom is -0.480 e. The number of aromatic carboxylic acids is 1. The second-order valence-electron chi connectivity index (χ2n) is 8.63. The average Bonchev–Trinajstić information content (AvgIpc) is 3.04. The van der Waals surface area contributed by atoms with Crippen LogP contribution in [0.1, 0.15) is 40.0 Å². The van der Waals surface area contributed by atoms with Crippen molar-refractivity contribution in [3.63, 3.8) is 0 Å². The first kappa shape index (κ1) is 19.6. The summed E-state index contributed by atoms with van der Waals surface area (Å²) >= 11 is 0. The molecule has 2 aliphatic rings. The van der Waals surface area contributed by atoms with E-state index in [2.05, 4.69) is 0 Å². The number of piperidine rings is 1. The Labute approximate surface area is 177 Å². The fourth-order valence-electron chi connectivity index (χ4n) is 5.40. The number of benzene rings is 1. The van der Waals surface area contributed by atoms with E-state index in [-0.39, 0.29) is 23.0 Å². The first-order valence-electron chi connectivity index (χ1n) is 10.3. The van der Waals surface area contributed by atoms with Gasteiger partial charge in [0.1, 0.15) is 6.04 Å². The van der Waals surface area contributed by atoms with Crippen LogP contribution in [-0.4, -0.2) is 49.3 Å². The van der Waals surface area contributed by atoms with Crippen LogP contribution >= 0.6 is 0 Å². The van der Waals surface area contributed by atoms with E-state index >= 15 is 0 Å². The molecule has 2 bridgehead atoms. The molecule has 1 fully saturated rings. The minimum atomic E-state index is -1.04. The summed E-state index contributed by atoms with van der Waals surface area (Å²) in [5.41, 5.74) is 2.47. The third-order valence-electron chi connectivity index (χ3n) is 6.67. The molecule has 8 heteroatoms. The predicted molar refractivity (Wildman–Crippen MR) is 113 cm³/mol. The summed E-state index contributed by atoms with van der Waals surface area (Å²) in [7, 11) is 1.83. The lowest BCUT2D eigenvalue weighted by atomic mass is 9.82. The van der Waals surface area contributed by atoms with Crippen molar-refractivity contribution in [1.29, 1.82) is 0 Å². The summed E-state index contributed by atoms with van der Waals surface area (Å²) < 4.78 is 3.66. The second kappa shape index (κ2) is 7.09. The van der Waals surface area contributed by atoms with Crippen LogP contribution < -0.4 is 5.56 Å². The molecule has 0 unspecified atom stereocenters. The number of fused-ring (bicyclic) bond motifs is 5. The van der Waals surface area contributed by atoms with Crippen molar-refractivity contribution in [1.82, 2.24) is 14.0 Å². The fourth-order valence-corrected chi connectivity index (χ4v) is 5.40. The highest BCUT2D eigenvalue weighted by Gasteiger charge is 2.40. The van der Waals surface area contributed by atoms with Crippen molar-refractivity contribution in [3.8, 4) is 0 Å². The molecule has 3 aromatic rings. The topological polar surface area (TPSA) is 105 Å². The Balaban J connectivity index is 1.58. The van der Waals surface area contributed by atoms with Gasteiger partial charge in [0.15, 0.2) is 0 Å². The fraction of sp³-hybridized carbons (Fsp3) is 0.348. The highest BCUT2D eigenvalue weighted by atomic mass is 16.4. The van der Waals surface area contributed by atoms with Gasteiger partial charge in [-0.1, -0.05) is 6.07 Å². The van der Waals surface area contributed by atoms with Crippen LogP contribution in [0.4, 0.5) is 0 Å². The number of aryl methyl sites for hydroxylation is 1. The summed E-state index contributed by atoms with van der Waals surface area (Å²) in [5.74, 6) is -1.72. The van der Waals surface area contributed by atoms with Crippen LogP contribution in [0, 0.1) is 5.92 Å². The van der Waals surface area contributed by atoms with E-state index in [4.69, 9.17) is 0 Å². The molecule has 160 valence electrons. The van der Waals surface area contributed by atoms with Gasteiger partial charge in [-0.2, -0.15) is 0 Å². The normalized spacial score (nSPS) is 21.6. The highest BCUT2D eigenvalue weighted by Crippen LogP contribution is 2.40. The Morgan fingerprint density at radius 1 is 1.10 bits per heavy atom. The number of hydrogen-bond donors (Lipinski definition) is 2. The van der Waals surface area contributed by atoms with Crippen molar-refractivity contribution in [2.45, 2.75) is 24.9 Å². The number of hydrogen-bond acceptors (Lipinski definition) is 4. The summed E-state index contributed by atoms with van der Waals surface area (Å²) in [4.78, 5) is 38.2. The quantitative estimate of drug-likeness (QED) is 0.670. The predicted octanol–water partition coefficient (Wildman–Crippen LogP) is 2.28. The molecule has 1 saturated heterocycles. The SMILES string of the molecule is Cn1cc([C@H](C(=O)O)N2C[C@H]3C[C@@H](C2)c2cccc(=O)n2C3)c2cc(C(=O)O)ccc21. The minimum absolute atomic E-state index is 0.00862. The number of carboxylic acid groups (broad SMARTS) is 2. The summed E-state index contributed by atoms with van der Waals surface area (Å²) in [6, 6.07) is 9.21. The Morgan fingerprint density at radius 3 is 2.65 bits per heavy atom. The number of aromatic nitrogens is 2. The lowest BCUT2D eigenvalue weighted by Crippen LogP contribution is -2.49. The number of aliphatic carboxylic acids is 1. The molecule has 5 rings (SSSR count). The van der Waals surface area contributed by atoms with Gasteiger partial charge >= 0.3 is 11.9 Å². The zero-order valence-electron chi connectivity index (χ0n) is 17.1. The molecule has 0 amide bonds. The van der Waals surface area contributed by atoms with E-state index in [0.717, 1.165) is 17.6 Å². The van der Waals surface area contributed by atoms with Crippen LogP contribution in [0.2, 0.25) is 0 Å². The van der Waals surface area contributed by atoms with Gasteiger partial charge in [0.25, 0.3) is 5.56 Å². The van der Waals surface area contributed by atoms with Crippen LogP contribution in [0.15, 0.2) is 47.4 Å². The van der Waals surface area contributed by atoms with Crippen LogP contribution in [-0.2, 0) is 18.4 Å². The molecule has 3 atom stereocenters. The van der Waals surface area contributed by atoms with Gasteiger partial charge in [0, 0.05) is 67.0 Å². The van der Waals surface area contributed by atoms with E-state index < -0.39 is 18.0 Å². The van der Waals surface area contributed by atoms with Gasteiger partial charge in [-0.05, 0) is 36.6 Å². The number of carboxylic acids is 2. The maximum atomic E-state index is 12.5. The number of pyridine rings is 1. The molecule has 0 saturated carbocycles.